The number of anilines is 2. The van der Waals surface area contributed by atoms with Crippen LogP contribution in [0, 0.1) is 5.41 Å². The standard InChI is InChI=1S/C16H17N3O5/c1-9(20)18-13-4-3-11(8-17-13)19-12-5-10(14(21)22)6-16(2,7-12)15(23)24/h3-5,7-8,19H,6H2,1-2H3,(H,21,22)(H,23,24)(H,17,18,20). The summed E-state index contributed by atoms with van der Waals surface area (Å²) in [6, 6.07) is 3.21. The van der Waals surface area contributed by atoms with Crippen molar-refractivity contribution in [1.29, 1.82) is 0 Å². The first-order valence-corrected chi connectivity index (χ1v) is 7.10. The summed E-state index contributed by atoms with van der Waals surface area (Å²) in [7, 11) is 0. The van der Waals surface area contributed by atoms with Gasteiger partial charge in [-0.25, -0.2) is 9.78 Å². The maximum atomic E-state index is 11.4. The number of aliphatic carboxylic acids is 2. The molecule has 0 spiro atoms. The summed E-state index contributed by atoms with van der Waals surface area (Å²) < 4.78 is 0. The predicted molar refractivity (Wildman–Crippen MR) is 86.3 cm³/mol. The number of pyridine rings is 1. The second-order valence-corrected chi connectivity index (χ2v) is 5.71. The first kappa shape index (κ1) is 17.2. The van der Waals surface area contributed by atoms with Gasteiger partial charge in [0.25, 0.3) is 0 Å². The lowest BCUT2D eigenvalue weighted by atomic mass is 9.79. The molecular formula is C16H17N3O5. The van der Waals surface area contributed by atoms with Gasteiger partial charge in [0.2, 0.25) is 5.91 Å². The summed E-state index contributed by atoms with van der Waals surface area (Å²) in [5.74, 6) is -2.13. The molecule has 126 valence electrons. The Labute approximate surface area is 137 Å². The van der Waals surface area contributed by atoms with Gasteiger partial charge < -0.3 is 20.8 Å². The highest BCUT2D eigenvalue weighted by molar-refractivity contribution is 5.91. The number of nitrogens with zero attached hydrogens (tertiary/aromatic N) is 1. The fourth-order valence-electron chi connectivity index (χ4n) is 2.31. The number of aromatic nitrogens is 1. The number of nitrogens with one attached hydrogen (secondary N) is 2. The largest absolute Gasteiger partial charge is 0.481 e. The van der Waals surface area contributed by atoms with Crippen molar-refractivity contribution < 1.29 is 24.6 Å². The van der Waals surface area contributed by atoms with E-state index in [0.29, 0.717) is 17.2 Å². The minimum Gasteiger partial charge on any atom is -0.481 e. The van der Waals surface area contributed by atoms with Crippen LogP contribution in [0.3, 0.4) is 0 Å². The van der Waals surface area contributed by atoms with Crippen LogP contribution in [0.1, 0.15) is 20.3 Å². The molecule has 1 aromatic rings. The Bertz CT molecular complexity index is 751. The smallest absolute Gasteiger partial charge is 0.331 e. The number of hydrogen-bond donors (Lipinski definition) is 4. The van der Waals surface area contributed by atoms with Crippen LogP contribution in [0.5, 0.6) is 0 Å². The molecule has 0 fully saturated rings. The minimum atomic E-state index is -1.31. The second-order valence-electron chi connectivity index (χ2n) is 5.71. The van der Waals surface area contributed by atoms with E-state index in [4.69, 9.17) is 0 Å². The third-order valence-electron chi connectivity index (χ3n) is 3.48. The van der Waals surface area contributed by atoms with Crippen molar-refractivity contribution in [3.8, 4) is 0 Å². The molecule has 24 heavy (non-hydrogen) atoms. The number of carbonyl (C=O) groups excluding carboxylic acids is 1. The van der Waals surface area contributed by atoms with Gasteiger partial charge >= 0.3 is 11.9 Å². The highest BCUT2D eigenvalue weighted by Gasteiger charge is 2.36. The molecule has 8 heteroatoms. The van der Waals surface area contributed by atoms with Gasteiger partial charge in [0.15, 0.2) is 0 Å². The van der Waals surface area contributed by atoms with Gasteiger partial charge in [0.05, 0.1) is 17.3 Å². The molecule has 4 N–H and O–H groups in total. The first-order chi connectivity index (χ1) is 11.2. The Kier molecular flexibility index (Phi) is 4.68. The number of hydrogen-bond acceptors (Lipinski definition) is 5. The first-order valence-electron chi connectivity index (χ1n) is 7.10. The topological polar surface area (TPSA) is 129 Å². The molecule has 0 saturated carbocycles. The van der Waals surface area contributed by atoms with Crippen LogP contribution < -0.4 is 10.6 Å². The van der Waals surface area contributed by atoms with E-state index in [1.807, 2.05) is 0 Å². The van der Waals surface area contributed by atoms with Crippen LogP contribution in [0.15, 0.2) is 41.8 Å². The second kappa shape index (κ2) is 6.53. The molecular weight excluding hydrogens is 314 g/mol. The van der Waals surface area contributed by atoms with Crippen molar-refractivity contribution >= 4 is 29.4 Å². The molecule has 1 amide bonds. The molecule has 8 nitrogen and oxygen atoms in total. The molecule has 1 aromatic heterocycles. The van der Waals surface area contributed by atoms with E-state index in [1.54, 1.807) is 12.1 Å². The van der Waals surface area contributed by atoms with Crippen LogP contribution >= 0.6 is 0 Å². The summed E-state index contributed by atoms with van der Waals surface area (Å²) in [6.45, 7) is 2.83. The molecule has 1 aliphatic carbocycles. The van der Waals surface area contributed by atoms with Crippen molar-refractivity contribution in [2.45, 2.75) is 20.3 Å². The summed E-state index contributed by atoms with van der Waals surface area (Å²) >= 11 is 0. The Hall–Kier alpha value is -3.16. The summed E-state index contributed by atoms with van der Waals surface area (Å²) in [4.78, 5) is 37.7. The molecule has 1 atom stereocenters. The lowest BCUT2D eigenvalue weighted by molar-refractivity contribution is -0.145. The van der Waals surface area contributed by atoms with Crippen LogP contribution in [-0.2, 0) is 14.4 Å². The lowest BCUT2D eigenvalue weighted by Crippen LogP contribution is -2.30. The Morgan fingerprint density at radius 2 is 1.96 bits per heavy atom. The van der Waals surface area contributed by atoms with Gasteiger partial charge in [-0.2, -0.15) is 0 Å². The van der Waals surface area contributed by atoms with Crippen molar-refractivity contribution in [3.63, 3.8) is 0 Å². The Balaban J connectivity index is 2.25. The van der Waals surface area contributed by atoms with Crippen molar-refractivity contribution in [2.75, 3.05) is 10.6 Å². The van der Waals surface area contributed by atoms with Gasteiger partial charge in [-0.3, -0.25) is 9.59 Å². The van der Waals surface area contributed by atoms with E-state index >= 15 is 0 Å². The lowest BCUT2D eigenvalue weighted by Gasteiger charge is -2.26. The van der Waals surface area contributed by atoms with Crippen molar-refractivity contribution in [1.82, 2.24) is 4.98 Å². The number of carboxylic acid groups (broad SMARTS) is 2. The number of rotatable bonds is 5. The van der Waals surface area contributed by atoms with Gasteiger partial charge in [-0.15, -0.1) is 0 Å². The van der Waals surface area contributed by atoms with Crippen LogP contribution in [0.4, 0.5) is 11.5 Å². The zero-order valence-electron chi connectivity index (χ0n) is 13.2. The quantitative estimate of drug-likeness (QED) is 0.648. The third-order valence-corrected chi connectivity index (χ3v) is 3.48. The molecule has 1 aliphatic rings. The van der Waals surface area contributed by atoms with Crippen LogP contribution in [-0.4, -0.2) is 33.0 Å². The monoisotopic (exact) mass is 331 g/mol. The normalized spacial score (nSPS) is 19.8. The fraction of sp³-hybridized carbons (Fsp3) is 0.250. The molecule has 1 heterocycles. The molecule has 0 bridgehead atoms. The zero-order chi connectivity index (χ0) is 17.9. The highest BCUT2D eigenvalue weighted by Crippen LogP contribution is 2.34. The summed E-state index contributed by atoms with van der Waals surface area (Å²) in [6.07, 6.45) is 4.23. The van der Waals surface area contributed by atoms with E-state index < -0.39 is 17.4 Å². The van der Waals surface area contributed by atoms with E-state index in [9.17, 15) is 24.6 Å². The molecule has 0 saturated heterocycles. The maximum absolute atomic E-state index is 11.4. The van der Waals surface area contributed by atoms with E-state index in [0.717, 1.165) is 0 Å². The minimum absolute atomic E-state index is 0.00715. The average Bonchev–Trinajstić information content (AvgIpc) is 2.48. The van der Waals surface area contributed by atoms with Crippen LogP contribution in [0.2, 0.25) is 0 Å². The Morgan fingerprint density at radius 1 is 1.25 bits per heavy atom. The molecule has 2 rings (SSSR count). The van der Waals surface area contributed by atoms with Crippen molar-refractivity contribution in [3.05, 3.63) is 41.8 Å². The SMILES string of the molecule is CC(=O)Nc1ccc(NC2=CC(C)(C(=O)O)CC(C(=O)O)=C2)cn1. The highest BCUT2D eigenvalue weighted by atomic mass is 16.4. The number of allylic oxidation sites excluding steroid dienone is 1. The number of carbonyl (C=O) groups is 3. The number of carboxylic acids is 2. The van der Waals surface area contributed by atoms with Crippen LogP contribution in [0.25, 0.3) is 0 Å². The van der Waals surface area contributed by atoms with Crippen molar-refractivity contribution in [2.24, 2.45) is 5.41 Å². The molecule has 0 radical (unpaired) electrons. The molecule has 0 aliphatic heterocycles. The van der Waals surface area contributed by atoms with Gasteiger partial charge in [-0.05, 0) is 37.6 Å². The fourth-order valence-corrected chi connectivity index (χ4v) is 2.31. The average molecular weight is 331 g/mol. The third kappa shape index (κ3) is 3.97. The van der Waals surface area contributed by atoms with Gasteiger partial charge in [0, 0.05) is 18.2 Å². The number of amides is 1. The van der Waals surface area contributed by atoms with E-state index in [1.165, 1.54) is 32.2 Å². The molecule has 1 unspecified atom stereocenters. The molecule has 0 aromatic carbocycles. The summed E-state index contributed by atoms with van der Waals surface area (Å²) in [5, 5.41) is 24.0. The van der Waals surface area contributed by atoms with E-state index in [2.05, 4.69) is 15.6 Å². The van der Waals surface area contributed by atoms with E-state index in [-0.39, 0.29) is 17.9 Å². The summed E-state index contributed by atoms with van der Waals surface area (Å²) in [5.41, 5.74) is -0.412. The predicted octanol–water partition coefficient (Wildman–Crippen LogP) is 1.84. The van der Waals surface area contributed by atoms with Gasteiger partial charge in [0.1, 0.15) is 5.82 Å². The Morgan fingerprint density at radius 3 is 2.46 bits per heavy atom. The maximum Gasteiger partial charge on any atom is 0.331 e. The zero-order valence-corrected chi connectivity index (χ0v) is 13.2. The van der Waals surface area contributed by atoms with Gasteiger partial charge in [-0.1, -0.05) is 0 Å².